The molecule has 4 heteroatoms. The molecule has 1 atom stereocenters. The van der Waals surface area contributed by atoms with E-state index in [0.717, 1.165) is 35.7 Å². The summed E-state index contributed by atoms with van der Waals surface area (Å²) in [5.41, 5.74) is 0.795. The second-order valence-corrected chi connectivity index (χ2v) is 6.77. The van der Waals surface area contributed by atoms with Crippen LogP contribution >= 0.6 is 15.9 Å². The van der Waals surface area contributed by atoms with Crippen LogP contribution in [0, 0.1) is 0 Å². The first-order valence-electron chi connectivity index (χ1n) is 7.22. The molecule has 2 rings (SSSR count). The van der Waals surface area contributed by atoms with Crippen molar-refractivity contribution in [3.8, 4) is 0 Å². The van der Waals surface area contributed by atoms with Crippen LogP contribution in [-0.2, 0) is 4.79 Å². The van der Waals surface area contributed by atoms with E-state index in [2.05, 4.69) is 28.2 Å². The quantitative estimate of drug-likeness (QED) is 0.864. The van der Waals surface area contributed by atoms with E-state index >= 15 is 0 Å². The second kappa shape index (κ2) is 6.72. The predicted octanol–water partition coefficient (Wildman–Crippen LogP) is 3.36. The Morgan fingerprint density at radius 2 is 1.95 bits per heavy atom. The lowest BCUT2D eigenvalue weighted by Crippen LogP contribution is -2.49. The summed E-state index contributed by atoms with van der Waals surface area (Å²) in [7, 11) is 0. The van der Waals surface area contributed by atoms with Gasteiger partial charge < -0.3 is 10.4 Å². The zero-order chi connectivity index (χ0) is 14.6. The molecule has 0 heterocycles. The monoisotopic (exact) mass is 339 g/mol. The van der Waals surface area contributed by atoms with Crippen molar-refractivity contribution in [1.29, 1.82) is 0 Å². The molecule has 0 bridgehead atoms. The molecule has 20 heavy (non-hydrogen) atoms. The highest BCUT2D eigenvalue weighted by molar-refractivity contribution is 9.10. The molecule has 1 aliphatic carbocycles. The minimum atomic E-state index is -0.365. The van der Waals surface area contributed by atoms with Crippen molar-refractivity contribution in [2.24, 2.45) is 0 Å². The number of hydrogen-bond acceptors (Lipinski definition) is 2. The third kappa shape index (κ3) is 3.83. The maximum Gasteiger partial charge on any atom is 0.221 e. The lowest BCUT2D eigenvalue weighted by molar-refractivity contribution is -0.123. The van der Waals surface area contributed by atoms with Gasteiger partial charge in [-0.2, -0.15) is 0 Å². The fourth-order valence-corrected chi connectivity index (χ4v) is 3.17. The van der Waals surface area contributed by atoms with Crippen molar-refractivity contribution in [3.05, 3.63) is 34.3 Å². The Hall–Kier alpha value is -0.870. The second-order valence-electron chi connectivity index (χ2n) is 5.85. The summed E-state index contributed by atoms with van der Waals surface area (Å²) in [6.07, 6.45) is 4.42. The van der Waals surface area contributed by atoms with Crippen LogP contribution in [0.1, 0.15) is 50.5 Å². The summed E-state index contributed by atoms with van der Waals surface area (Å²) in [6, 6.07) is 8.07. The first-order valence-corrected chi connectivity index (χ1v) is 8.01. The van der Waals surface area contributed by atoms with E-state index in [1.807, 2.05) is 24.3 Å². The van der Waals surface area contributed by atoms with E-state index in [1.54, 1.807) is 0 Å². The van der Waals surface area contributed by atoms with Gasteiger partial charge in [0.05, 0.1) is 12.1 Å². The predicted molar refractivity (Wildman–Crippen MR) is 83.6 cm³/mol. The summed E-state index contributed by atoms with van der Waals surface area (Å²) in [4.78, 5) is 12.2. The normalized spacial score (nSPS) is 18.8. The van der Waals surface area contributed by atoms with Crippen LogP contribution < -0.4 is 5.32 Å². The van der Waals surface area contributed by atoms with Crippen molar-refractivity contribution in [1.82, 2.24) is 5.32 Å². The molecule has 1 saturated carbocycles. The molecule has 110 valence electrons. The number of carbonyl (C=O) groups is 1. The van der Waals surface area contributed by atoms with E-state index in [0.29, 0.717) is 6.42 Å². The number of nitrogens with one attached hydrogen (secondary N) is 1. The SMILES string of the molecule is CC(CC(=O)NC1(CO)CCCC1)c1ccc(Br)cc1. The fourth-order valence-electron chi connectivity index (χ4n) is 2.91. The number of halogens is 1. The third-order valence-electron chi connectivity index (χ3n) is 4.20. The number of amides is 1. The maximum absolute atomic E-state index is 12.2. The van der Waals surface area contributed by atoms with Gasteiger partial charge in [-0.3, -0.25) is 4.79 Å². The highest BCUT2D eigenvalue weighted by atomic mass is 79.9. The highest BCUT2D eigenvalue weighted by Gasteiger charge is 2.34. The lowest BCUT2D eigenvalue weighted by atomic mass is 9.95. The molecule has 1 unspecified atom stereocenters. The van der Waals surface area contributed by atoms with Crippen LogP contribution in [0.4, 0.5) is 0 Å². The van der Waals surface area contributed by atoms with E-state index in [9.17, 15) is 9.90 Å². The van der Waals surface area contributed by atoms with Gasteiger partial charge in [-0.05, 0) is 36.5 Å². The average Bonchev–Trinajstić information content (AvgIpc) is 2.88. The maximum atomic E-state index is 12.2. The Balaban J connectivity index is 1.92. The van der Waals surface area contributed by atoms with Gasteiger partial charge in [0, 0.05) is 10.9 Å². The number of hydrogen-bond donors (Lipinski definition) is 2. The summed E-state index contributed by atoms with van der Waals surface area (Å²) in [6.45, 7) is 2.11. The van der Waals surface area contributed by atoms with E-state index < -0.39 is 0 Å². The van der Waals surface area contributed by atoms with Gasteiger partial charge in [0.25, 0.3) is 0 Å². The van der Waals surface area contributed by atoms with Gasteiger partial charge in [-0.15, -0.1) is 0 Å². The van der Waals surface area contributed by atoms with Gasteiger partial charge in [0.15, 0.2) is 0 Å². The van der Waals surface area contributed by atoms with Gasteiger partial charge >= 0.3 is 0 Å². The van der Waals surface area contributed by atoms with Gasteiger partial charge in [-0.1, -0.05) is 47.8 Å². The van der Waals surface area contributed by atoms with Gasteiger partial charge in [0.1, 0.15) is 0 Å². The first-order chi connectivity index (χ1) is 9.54. The minimum absolute atomic E-state index is 0.0383. The molecule has 1 amide bonds. The first kappa shape index (κ1) is 15.5. The molecule has 1 fully saturated rings. The van der Waals surface area contributed by atoms with Crippen LogP contribution in [-0.4, -0.2) is 23.2 Å². The van der Waals surface area contributed by atoms with Crippen molar-refractivity contribution >= 4 is 21.8 Å². The van der Waals surface area contributed by atoms with Gasteiger partial charge in [0.2, 0.25) is 5.91 Å². The van der Waals surface area contributed by atoms with Crippen LogP contribution in [0.5, 0.6) is 0 Å². The topological polar surface area (TPSA) is 49.3 Å². The number of rotatable bonds is 5. The Labute approximate surface area is 128 Å². The Bertz CT molecular complexity index is 452. The molecule has 0 radical (unpaired) electrons. The molecular formula is C16H22BrNO2. The Morgan fingerprint density at radius 1 is 1.35 bits per heavy atom. The summed E-state index contributed by atoms with van der Waals surface area (Å²) >= 11 is 3.41. The van der Waals surface area contributed by atoms with Crippen molar-refractivity contribution < 1.29 is 9.90 Å². The molecular weight excluding hydrogens is 318 g/mol. The van der Waals surface area contributed by atoms with E-state index in [-0.39, 0.29) is 24.0 Å². The zero-order valence-corrected chi connectivity index (χ0v) is 13.4. The van der Waals surface area contributed by atoms with E-state index in [4.69, 9.17) is 0 Å². The van der Waals surface area contributed by atoms with Crippen LogP contribution in [0.15, 0.2) is 28.7 Å². The number of aliphatic hydroxyl groups is 1. The third-order valence-corrected chi connectivity index (χ3v) is 4.73. The highest BCUT2D eigenvalue weighted by Crippen LogP contribution is 2.30. The van der Waals surface area contributed by atoms with Crippen molar-refractivity contribution in [2.45, 2.75) is 50.5 Å². The van der Waals surface area contributed by atoms with Crippen molar-refractivity contribution in [3.63, 3.8) is 0 Å². The fraction of sp³-hybridized carbons (Fsp3) is 0.562. The molecule has 0 spiro atoms. The molecule has 0 aliphatic heterocycles. The van der Waals surface area contributed by atoms with Gasteiger partial charge in [-0.25, -0.2) is 0 Å². The number of aliphatic hydroxyl groups excluding tert-OH is 1. The molecule has 3 nitrogen and oxygen atoms in total. The molecule has 1 aromatic carbocycles. The average molecular weight is 340 g/mol. The Kier molecular flexibility index (Phi) is 5.22. The Morgan fingerprint density at radius 3 is 2.50 bits per heavy atom. The van der Waals surface area contributed by atoms with E-state index in [1.165, 1.54) is 0 Å². The molecule has 1 aromatic rings. The largest absolute Gasteiger partial charge is 0.394 e. The number of benzene rings is 1. The standard InChI is InChI=1S/C16H22BrNO2/c1-12(13-4-6-14(17)7-5-13)10-15(20)18-16(11-19)8-2-3-9-16/h4-7,12,19H,2-3,8-11H2,1H3,(H,18,20). The molecule has 1 aliphatic rings. The summed E-state index contributed by atoms with van der Waals surface area (Å²) < 4.78 is 1.04. The van der Waals surface area contributed by atoms with Crippen LogP contribution in [0.25, 0.3) is 0 Å². The number of carbonyl (C=O) groups excluding carboxylic acids is 1. The summed E-state index contributed by atoms with van der Waals surface area (Å²) in [5, 5.41) is 12.6. The lowest BCUT2D eigenvalue weighted by Gasteiger charge is -2.28. The molecule has 2 N–H and O–H groups in total. The van der Waals surface area contributed by atoms with Crippen LogP contribution in [0.3, 0.4) is 0 Å². The van der Waals surface area contributed by atoms with Crippen molar-refractivity contribution in [2.75, 3.05) is 6.61 Å². The van der Waals surface area contributed by atoms with Crippen LogP contribution in [0.2, 0.25) is 0 Å². The molecule has 0 aromatic heterocycles. The zero-order valence-electron chi connectivity index (χ0n) is 11.9. The minimum Gasteiger partial charge on any atom is -0.394 e. The summed E-state index contributed by atoms with van der Waals surface area (Å²) in [5.74, 6) is 0.219. The smallest absolute Gasteiger partial charge is 0.221 e. The molecule has 0 saturated heterocycles.